The zero-order chi connectivity index (χ0) is 13.2. The van der Waals surface area contributed by atoms with Crippen molar-refractivity contribution >= 4 is 43.2 Å². The molecule has 1 nitrogen and oxygen atoms in total. The first-order valence-corrected chi connectivity index (χ1v) is 9.15. The van der Waals surface area contributed by atoms with Gasteiger partial charge in [-0.05, 0) is 62.7 Å². The Balaban J connectivity index is 2.26. The Labute approximate surface area is 131 Å². The topological polar surface area (TPSA) is 12.0 Å². The first-order chi connectivity index (χ1) is 8.57. The van der Waals surface area contributed by atoms with Crippen LogP contribution in [0.5, 0.6) is 0 Å². The summed E-state index contributed by atoms with van der Waals surface area (Å²) in [6.45, 7) is 5.70. The van der Waals surface area contributed by atoms with E-state index in [2.05, 4.69) is 57.1 Å². The second-order valence-electron chi connectivity index (χ2n) is 5.48. The summed E-state index contributed by atoms with van der Waals surface area (Å²) in [5, 5.41) is 3.72. The fourth-order valence-electron chi connectivity index (χ4n) is 3.05. The molecule has 1 saturated carbocycles. The van der Waals surface area contributed by atoms with Gasteiger partial charge in [0.1, 0.15) is 0 Å². The second-order valence-corrected chi connectivity index (χ2v) is 8.73. The van der Waals surface area contributed by atoms with Gasteiger partial charge in [0.25, 0.3) is 0 Å². The fourth-order valence-corrected chi connectivity index (χ4v) is 5.39. The van der Waals surface area contributed by atoms with Crippen LogP contribution in [0.1, 0.15) is 56.9 Å². The van der Waals surface area contributed by atoms with Gasteiger partial charge in [0.05, 0.1) is 3.79 Å². The van der Waals surface area contributed by atoms with E-state index in [1.807, 2.05) is 11.3 Å². The lowest BCUT2D eigenvalue weighted by molar-refractivity contribution is 0.148. The van der Waals surface area contributed by atoms with Crippen LogP contribution in [0, 0.1) is 5.41 Å². The molecule has 2 rings (SSSR count). The van der Waals surface area contributed by atoms with Crippen molar-refractivity contribution in [2.75, 3.05) is 6.54 Å². The summed E-state index contributed by atoms with van der Waals surface area (Å²) in [6, 6.07) is 2.78. The lowest BCUT2D eigenvalue weighted by Gasteiger charge is -2.41. The first-order valence-electron chi connectivity index (χ1n) is 6.75. The molecule has 1 heterocycles. The van der Waals surface area contributed by atoms with Crippen LogP contribution in [0.4, 0.5) is 0 Å². The molecule has 0 amide bonds. The van der Waals surface area contributed by atoms with Gasteiger partial charge in [0.15, 0.2) is 0 Å². The van der Waals surface area contributed by atoms with E-state index in [-0.39, 0.29) is 0 Å². The molecular formula is C14H21Br2NS. The van der Waals surface area contributed by atoms with Crippen LogP contribution in [-0.2, 0) is 0 Å². The lowest BCUT2D eigenvalue weighted by Crippen LogP contribution is -2.37. The molecule has 102 valence electrons. The van der Waals surface area contributed by atoms with E-state index in [9.17, 15) is 0 Å². The highest BCUT2D eigenvalue weighted by atomic mass is 79.9. The smallest absolute Gasteiger partial charge is 0.0843 e. The van der Waals surface area contributed by atoms with Crippen molar-refractivity contribution in [2.24, 2.45) is 5.41 Å². The average molecular weight is 395 g/mol. The summed E-state index contributed by atoms with van der Waals surface area (Å²) in [4.78, 5) is 1.46. The molecule has 18 heavy (non-hydrogen) atoms. The van der Waals surface area contributed by atoms with Crippen LogP contribution in [0.3, 0.4) is 0 Å². The quantitative estimate of drug-likeness (QED) is 0.670. The first kappa shape index (κ1) is 15.0. The molecule has 0 bridgehead atoms. The van der Waals surface area contributed by atoms with Gasteiger partial charge in [-0.3, -0.25) is 0 Å². The summed E-state index contributed by atoms with van der Waals surface area (Å²) < 4.78 is 2.39. The highest BCUT2D eigenvalue weighted by molar-refractivity contribution is 9.13. The summed E-state index contributed by atoms with van der Waals surface area (Å²) in [6.07, 6.45) is 6.86. The Morgan fingerprint density at radius 1 is 1.33 bits per heavy atom. The normalized spacial score (nSPS) is 20.9. The SMILES string of the molecule is CCNC(c1cc(Br)c(Br)s1)C1(C)CCCCC1. The van der Waals surface area contributed by atoms with Gasteiger partial charge in [-0.25, -0.2) is 0 Å². The van der Waals surface area contributed by atoms with Crippen LogP contribution in [0.2, 0.25) is 0 Å². The zero-order valence-corrected chi connectivity index (χ0v) is 15.1. The van der Waals surface area contributed by atoms with Gasteiger partial charge in [0.2, 0.25) is 0 Å². The van der Waals surface area contributed by atoms with E-state index >= 15 is 0 Å². The number of hydrogen-bond acceptors (Lipinski definition) is 2. The van der Waals surface area contributed by atoms with Crippen LogP contribution < -0.4 is 5.32 Å². The maximum absolute atomic E-state index is 3.72. The molecule has 1 aliphatic rings. The van der Waals surface area contributed by atoms with E-state index < -0.39 is 0 Å². The molecule has 1 aliphatic carbocycles. The number of nitrogens with one attached hydrogen (secondary N) is 1. The number of halogens is 2. The van der Waals surface area contributed by atoms with Gasteiger partial charge in [-0.1, -0.05) is 33.1 Å². The minimum Gasteiger partial charge on any atom is -0.309 e. The van der Waals surface area contributed by atoms with Gasteiger partial charge < -0.3 is 5.32 Å². The molecular weight excluding hydrogens is 374 g/mol. The van der Waals surface area contributed by atoms with Crippen molar-refractivity contribution in [3.8, 4) is 0 Å². The molecule has 1 fully saturated rings. The number of hydrogen-bond donors (Lipinski definition) is 1. The number of rotatable bonds is 4. The lowest BCUT2D eigenvalue weighted by atomic mass is 9.70. The van der Waals surface area contributed by atoms with Crippen LogP contribution in [-0.4, -0.2) is 6.54 Å². The molecule has 0 aliphatic heterocycles. The average Bonchev–Trinajstić information content (AvgIpc) is 2.67. The van der Waals surface area contributed by atoms with Gasteiger partial charge in [0, 0.05) is 15.4 Å². The molecule has 0 aromatic carbocycles. The Hall–Kier alpha value is 0.620. The van der Waals surface area contributed by atoms with Crippen molar-refractivity contribution < 1.29 is 0 Å². The third-order valence-electron chi connectivity index (χ3n) is 4.05. The van der Waals surface area contributed by atoms with E-state index in [1.165, 1.54) is 45.2 Å². The monoisotopic (exact) mass is 393 g/mol. The van der Waals surface area contributed by atoms with Crippen LogP contribution in [0.15, 0.2) is 14.3 Å². The maximum Gasteiger partial charge on any atom is 0.0843 e. The van der Waals surface area contributed by atoms with Crippen LogP contribution >= 0.6 is 43.2 Å². The van der Waals surface area contributed by atoms with E-state index in [1.54, 1.807) is 0 Å². The highest BCUT2D eigenvalue weighted by Crippen LogP contribution is 2.48. The van der Waals surface area contributed by atoms with Crippen molar-refractivity contribution in [2.45, 2.75) is 52.0 Å². The molecule has 4 heteroatoms. The Morgan fingerprint density at radius 2 is 2.00 bits per heavy atom. The molecule has 0 saturated heterocycles. The van der Waals surface area contributed by atoms with Gasteiger partial charge in [-0.2, -0.15) is 0 Å². The van der Waals surface area contributed by atoms with Crippen LogP contribution in [0.25, 0.3) is 0 Å². The molecule has 1 aromatic heterocycles. The summed E-state index contributed by atoms with van der Waals surface area (Å²) in [7, 11) is 0. The molecule has 0 spiro atoms. The van der Waals surface area contributed by atoms with Crippen molar-refractivity contribution in [1.29, 1.82) is 0 Å². The third-order valence-corrected chi connectivity index (χ3v) is 7.37. The Morgan fingerprint density at radius 3 is 2.50 bits per heavy atom. The standard InChI is InChI=1S/C14H21Br2NS/c1-3-17-12(11-9-10(15)13(16)18-11)14(2)7-5-4-6-8-14/h9,12,17H,3-8H2,1-2H3. The van der Waals surface area contributed by atoms with Crippen molar-refractivity contribution in [3.63, 3.8) is 0 Å². The molecule has 1 atom stereocenters. The minimum absolute atomic E-state index is 0.415. The second kappa shape index (κ2) is 6.38. The van der Waals surface area contributed by atoms with Gasteiger partial charge >= 0.3 is 0 Å². The Kier molecular flexibility index (Phi) is 5.32. The summed E-state index contributed by atoms with van der Waals surface area (Å²) >= 11 is 9.10. The summed E-state index contributed by atoms with van der Waals surface area (Å²) in [5.74, 6) is 0. The molecule has 0 radical (unpaired) electrons. The highest BCUT2D eigenvalue weighted by Gasteiger charge is 2.36. The predicted octanol–water partition coefficient (Wildman–Crippen LogP) is 5.89. The van der Waals surface area contributed by atoms with E-state index in [0.717, 1.165) is 6.54 Å². The predicted molar refractivity (Wildman–Crippen MR) is 87.3 cm³/mol. The molecule has 1 aromatic rings. The van der Waals surface area contributed by atoms with E-state index in [0.29, 0.717) is 11.5 Å². The largest absolute Gasteiger partial charge is 0.309 e. The zero-order valence-electron chi connectivity index (χ0n) is 11.1. The fraction of sp³-hybridized carbons (Fsp3) is 0.714. The van der Waals surface area contributed by atoms with E-state index in [4.69, 9.17) is 0 Å². The summed E-state index contributed by atoms with van der Waals surface area (Å²) in [5.41, 5.74) is 0.415. The van der Waals surface area contributed by atoms with Crippen molar-refractivity contribution in [3.05, 3.63) is 19.2 Å². The minimum atomic E-state index is 0.415. The van der Waals surface area contributed by atoms with Crippen molar-refractivity contribution in [1.82, 2.24) is 5.32 Å². The number of thiophene rings is 1. The maximum atomic E-state index is 3.72. The Bertz CT molecular complexity index is 377. The molecule has 1 unspecified atom stereocenters. The molecule has 1 N–H and O–H groups in total. The third kappa shape index (κ3) is 3.20. The van der Waals surface area contributed by atoms with Gasteiger partial charge in [-0.15, -0.1) is 11.3 Å².